The maximum absolute atomic E-state index is 12.4. The quantitative estimate of drug-likeness (QED) is 0.885. The summed E-state index contributed by atoms with van der Waals surface area (Å²) in [5, 5.41) is 3.13. The van der Waals surface area contributed by atoms with Gasteiger partial charge in [0.25, 0.3) is 5.91 Å². The molecule has 24 heavy (non-hydrogen) atoms. The average Bonchev–Trinajstić information content (AvgIpc) is 3.07. The Labute approximate surface area is 143 Å². The van der Waals surface area contributed by atoms with Crippen LogP contribution < -0.4 is 10.1 Å². The van der Waals surface area contributed by atoms with E-state index >= 15 is 0 Å². The SMILES string of the molecule is C[C@@H]1[C@H](C)CCC[C@H]1NC(=O)c1ccc(COc2ccccc2)o1. The number of benzene rings is 1. The maximum Gasteiger partial charge on any atom is 0.287 e. The number of carbonyl (C=O) groups excluding carboxylic acids is 1. The third kappa shape index (κ3) is 3.99. The molecule has 128 valence electrons. The number of ether oxygens (including phenoxy) is 1. The lowest BCUT2D eigenvalue weighted by Gasteiger charge is -2.34. The van der Waals surface area contributed by atoms with Crippen molar-refractivity contribution in [1.82, 2.24) is 5.32 Å². The molecule has 1 saturated carbocycles. The van der Waals surface area contributed by atoms with Crippen molar-refractivity contribution in [3.63, 3.8) is 0 Å². The number of rotatable bonds is 5. The standard InChI is InChI=1S/C20H25NO3/c1-14-7-6-10-18(15(14)2)21-20(22)19-12-11-17(24-19)13-23-16-8-4-3-5-9-16/h3-5,8-9,11-12,14-15,18H,6-7,10,13H2,1-2H3,(H,21,22)/t14-,15-,18-/m1/s1. The number of hydrogen-bond donors (Lipinski definition) is 1. The molecule has 1 aromatic heterocycles. The molecule has 0 radical (unpaired) electrons. The Morgan fingerprint density at radius 1 is 1.17 bits per heavy atom. The fraction of sp³-hybridized carbons (Fsp3) is 0.450. The summed E-state index contributed by atoms with van der Waals surface area (Å²) < 4.78 is 11.3. The highest BCUT2D eigenvalue weighted by molar-refractivity contribution is 5.91. The first-order chi connectivity index (χ1) is 11.6. The molecular formula is C20H25NO3. The molecule has 4 nitrogen and oxygen atoms in total. The Bertz CT molecular complexity index is 665. The number of para-hydroxylation sites is 1. The van der Waals surface area contributed by atoms with E-state index in [-0.39, 0.29) is 11.9 Å². The van der Waals surface area contributed by atoms with Crippen LogP contribution in [0.15, 0.2) is 46.9 Å². The first-order valence-electron chi connectivity index (χ1n) is 8.71. The van der Waals surface area contributed by atoms with Gasteiger partial charge in [-0.3, -0.25) is 4.79 Å². The number of furan rings is 1. The molecule has 2 aromatic rings. The number of nitrogens with one attached hydrogen (secondary N) is 1. The molecule has 3 atom stereocenters. The second kappa shape index (κ2) is 7.56. The van der Waals surface area contributed by atoms with E-state index < -0.39 is 0 Å². The normalized spacial score (nSPS) is 23.7. The highest BCUT2D eigenvalue weighted by atomic mass is 16.5. The Kier molecular flexibility index (Phi) is 5.24. The molecule has 1 aromatic carbocycles. The predicted octanol–water partition coefficient (Wildman–Crippen LogP) is 4.41. The van der Waals surface area contributed by atoms with E-state index in [1.807, 2.05) is 30.3 Å². The number of hydrogen-bond acceptors (Lipinski definition) is 3. The molecule has 0 bridgehead atoms. The zero-order chi connectivity index (χ0) is 16.9. The molecule has 4 heteroatoms. The van der Waals surface area contributed by atoms with Gasteiger partial charge in [0.2, 0.25) is 0 Å². The first kappa shape index (κ1) is 16.6. The van der Waals surface area contributed by atoms with E-state index in [9.17, 15) is 4.79 Å². The van der Waals surface area contributed by atoms with E-state index in [0.717, 1.165) is 12.2 Å². The fourth-order valence-corrected chi connectivity index (χ4v) is 3.27. The van der Waals surface area contributed by atoms with Gasteiger partial charge in [-0.25, -0.2) is 0 Å². The van der Waals surface area contributed by atoms with Crippen molar-refractivity contribution in [2.75, 3.05) is 0 Å². The van der Waals surface area contributed by atoms with Gasteiger partial charge in [-0.2, -0.15) is 0 Å². The fourth-order valence-electron chi connectivity index (χ4n) is 3.27. The highest BCUT2D eigenvalue weighted by Crippen LogP contribution is 2.29. The van der Waals surface area contributed by atoms with Crippen molar-refractivity contribution < 1.29 is 13.9 Å². The van der Waals surface area contributed by atoms with Crippen LogP contribution in [0, 0.1) is 11.8 Å². The lowest BCUT2D eigenvalue weighted by atomic mass is 9.78. The van der Waals surface area contributed by atoms with E-state index in [4.69, 9.17) is 9.15 Å². The minimum absolute atomic E-state index is 0.132. The zero-order valence-corrected chi connectivity index (χ0v) is 14.3. The molecular weight excluding hydrogens is 302 g/mol. The molecule has 1 N–H and O–H groups in total. The summed E-state index contributed by atoms with van der Waals surface area (Å²) in [6.07, 6.45) is 3.46. The molecule has 1 fully saturated rings. The van der Waals surface area contributed by atoms with Crippen molar-refractivity contribution in [2.45, 2.75) is 45.8 Å². The van der Waals surface area contributed by atoms with E-state index in [1.165, 1.54) is 12.8 Å². The lowest BCUT2D eigenvalue weighted by Crippen LogP contribution is -2.43. The van der Waals surface area contributed by atoms with Crippen molar-refractivity contribution in [3.8, 4) is 5.75 Å². The van der Waals surface area contributed by atoms with Gasteiger partial charge in [0.05, 0.1) is 0 Å². The summed E-state index contributed by atoms with van der Waals surface area (Å²) in [5.74, 6) is 2.80. The van der Waals surface area contributed by atoms with Crippen molar-refractivity contribution in [3.05, 3.63) is 54.0 Å². The summed E-state index contributed by atoms with van der Waals surface area (Å²) in [6, 6.07) is 13.3. The Balaban J connectivity index is 1.55. The molecule has 1 amide bonds. The Morgan fingerprint density at radius 3 is 2.75 bits per heavy atom. The van der Waals surface area contributed by atoms with Gasteiger partial charge in [-0.05, 0) is 42.5 Å². The summed E-state index contributed by atoms with van der Waals surface area (Å²) >= 11 is 0. The summed E-state index contributed by atoms with van der Waals surface area (Å²) in [7, 11) is 0. The molecule has 0 aliphatic heterocycles. The molecule has 1 heterocycles. The van der Waals surface area contributed by atoms with Crippen LogP contribution >= 0.6 is 0 Å². The molecule has 3 rings (SSSR count). The van der Waals surface area contributed by atoms with Crippen LogP contribution in [0.25, 0.3) is 0 Å². The smallest absolute Gasteiger partial charge is 0.287 e. The summed E-state index contributed by atoms with van der Waals surface area (Å²) in [5.41, 5.74) is 0. The molecule has 0 unspecified atom stereocenters. The van der Waals surface area contributed by atoms with Crippen LogP contribution in [0.5, 0.6) is 5.75 Å². The lowest BCUT2D eigenvalue weighted by molar-refractivity contribution is 0.0859. The van der Waals surface area contributed by atoms with E-state index in [0.29, 0.717) is 30.0 Å². The summed E-state index contributed by atoms with van der Waals surface area (Å²) in [6.45, 7) is 4.79. The van der Waals surface area contributed by atoms with Crippen molar-refractivity contribution >= 4 is 5.91 Å². The third-order valence-corrected chi connectivity index (χ3v) is 5.03. The number of carbonyl (C=O) groups is 1. The average molecular weight is 327 g/mol. The van der Waals surface area contributed by atoms with Gasteiger partial charge in [0.1, 0.15) is 18.1 Å². The second-order valence-electron chi connectivity index (χ2n) is 6.71. The largest absolute Gasteiger partial charge is 0.486 e. The third-order valence-electron chi connectivity index (χ3n) is 5.03. The minimum Gasteiger partial charge on any atom is -0.486 e. The Morgan fingerprint density at radius 2 is 1.96 bits per heavy atom. The molecule has 1 aliphatic carbocycles. The maximum atomic E-state index is 12.4. The van der Waals surface area contributed by atoms with Gasteiger partial charge in [-0.1, -0.05) is 44.9 Å². The summed E-state index contributed by atoms with van der Waals surface area (Å²) in [4.78, 5) is 12.4. The van der Waals surface area contributed by atoms with Crippen LogP contribution in [-0.4, -0.2) is 11.9 Å². The van der Waals surface area contributed by atoms with Crippen LogP contribution in [0.3, 0.4) is 0 Å². The number of amides is 1. The highest BCUT2D eigenvalue weighted by Gasteiger charge is 2.29. The van der Waals surface area contributed by atoms with Crippen LogP contribution in [0.1, 0.15) is 49.4 Å². The first-order valence-corrected chi connectivity index (χ1v) is 8.71. The van der Waals surface area contributed by atoms with Gasteiger partial charge < -0.3 is 14.5 Å². The van der Waals surface area contributed by atoms with Crippen LogP contribution in [-0.2, 0) is 6.61 Å². The predicted molar refractivity (Wildman–Crippen MR) is 92.9 cm³/mol. The second-order valence-corrected chi connectivity index (χ2v) is 6.71. The molecule has 1 aliphatic rings. The van der Waals surface area contributed by atoms with Gasteiger partial charge >= 0.3 is 0 Å². The van der Waals surface area contributed by atoms with Gasteiger partial charge in [-0.15, -0.1) is 0 Å². The van der Waals surface area contributed by atoms with E-state index in [1.54, 1.807) is 12.1 Å². The van der Waals surface area contributed by atoms with Crippen LogP contribution in [0.2, 0.25) is 0 Å². The van der Waals surface area contributed by atoms with Crippen LogP contribution in [0.4, 0.5) is 0 Å². The van der Waals surface area contributed by atoms with Crippen molar-refractivity contribution in [1.29, 1.82) is 0 Å². The Hall–Kier alpha value is -2.23. The monoisotopic (exact) mass is 327 g/mol. The topological polar surface area (TPSA) is 51.5 Å². The van der Waals surface area contributed by atoms with Crippen molar-refractivity contribution in [2.24, 2.45) is 11.8 Å². The van der Waals surface area contributed by atoms with Gasteiger partial charge in [0.15, 0.2) is 5.76 Å². The van der Waals surface area contributed by atoms with Gasteiger partial charge in [0, 0.05) is 6.04 Å². The molecule has 0 saturated heterocycles. The molecule has 0 spiro atoms. The minimum atomic E-state index is -0.132. The van der Waals surface area contributed by atoms with E-state index in [2.05, 4.69) is 19.2 Å². The zero-order valence-electron chi connectivity index (χ0n) is 14.3.